The van der Waals surface area contributed by atoms with E-state index in [1.54, 1.807) is 30.3 Å². The SMILES string of the molecule is NC(N)=NCCC[C@@H]1C(=O)N(C(=O)Nc2ccccc2)[C@H]1C(=O)O. The minimum Gasteiger partial charge on any atom is -0.480 e. The molecule has 9 heteroatoms. The molecule has 6 N–H and O–H groups in total. The van der Waals surface area contributed by atoms with E-state index in [0.717, 1.165) is 4.90 Å². The zero-order valence-corrected chi connectivity index (χ0v) is 12.9. The molecule has 1 aliphatic heterocycles. The van der Waals surface area contributed by atoms with Crippen LogP contribution in [0.4, 0.5) is 10.5 Å². The van der Waals surface area contributed by atoms with Crippen molar-refractivity contribution < 1.29 is 19.5 Å². The van der Waals surface area contributed by atoms with Crippen molar-refractivity contribution in [3.8, 4) is 0 Å². The molecule has 0 aromatic heterocycles. The number of hydrogen-bond acceptors (Lipinski definition) is 4. The summed E-state index contributed by atoms with van der Waals surface area (Å²) in [5.74, 6) is -2.54. The van der Waals surface area contributed by atoms with E-state index in [-0.39, 0.29) is 5.96 Å². The smallest absolute Gasteiger partial charge is 0.329 e. The Bertz CT molecular complexity index is 657. The van der Waals surface area contributed by atoms with Crippen LogP contribution >= 0.6 is 0 Å². The number of carbonyl (C=O) groups is 3. The van der Waals surface area contributed by atoms with Gasteiger partial charge < -0.3 is 21.9 Å². The second kappa shape index (κ2) is 7.44. The first-order valence-corrected chi connectivity index (χ1v) is 7.39. The molecule has 1 aromatic carbocycles. The predicted molar refractivity (Wildman–Crippen MR) is 87.1 cm³/mol. The normalized spacial score (nSPS) is 19.3. The highest BCUT2D eigenvalue weighted by Crippen LogP contribution is 2.31. The van der Waals surface area contributed by atoms with Gasteiger partial charge in [-0.05, 0) is 25.0 Å². The van der Waals surface area contributed by atoms with Crippen LogP contribution in [0.5, 0.6) is 0 Å². The van der Waals surface area contributed by atoms with Crippen LogP contribution in [-0.4, -0.2) is 46.5 Å². The third-order valence-corrected chi connectivity index (χ3v) is 3.68. The summed E-state index contributed by atoms with van der Waals surface area (Å²) >= 11 is 0. The summed E-state index contributed by atoms with van der Waals surface area (Å²) in [6.07, 6.45) is 0.744. The predicted octanol–water partition coefficient (Wildman–Crippen LogP) is 0.184. The Hall–Kier alpha value is -3.10. The molecule has 1 aromatic rings. The molecule has 0 radical (unpaired) electrons. The second-order valence-corrected chi connectivity index (χ2v) is 5.34. The van der Waals surface area contributed by atoms with Crippen LogP contribution in [0.1, 0.15) is 12.8 Å². The third-order valence-electron chi connectivity index (χ3n) is 3.68. The highest BCUT2D eigenvalue weighted by Gasteiger charge is 2.54. The van der Waals surface area contributed by atoms with E-state index in [4.69, 9.17) is 11.5 Å². The molecule has 24 heavy (non-hydrogen) atoms. The molecule has 1 heterocycles. The first kappa shape index (κ1) is 17.3. The first-order valence-electron chi connectivity index (χ1n) is 7.39. The molecule has 9 nitrogen and oxygen atoms in total. The highest BCUT2D eigenvalue weighted by molar-refractivity contribution is 6.10. The number of carboxylic acid groups (broad SMARTS) is 1. The standard InChI is InChI=1S/C15H19N5O4/c16-14(17)18-8-4-7-10-11(13(22)23)20(12(10)21)15(24)19-9-5-2-1-3-6-9/h1-3,5-6,10-11H,4,7-8H2,(H,19,24)(H,22,23)(H4,16,17,18)/t10-,11+/m0/s1. The number of imide groups is 1. The van der Waals surface area contributed by atoms with Gasteiger partial charge in [-0.2, -0.15) is 0 Å². The van der Waals surface area contributed by atoms with E-state index < -0.39 is 29.9 Å². The van der Waals surface area contributed by atoms with E-state index in [2.05, 4.69) is 10.3 Å². The van der Waals surface area contributed by atoms with Crippen LogP contribution in [0.2, 0.25) is 0 Å². The lowest BCUT2D eigenvalue weighted by atomic mass is 9.84. The quantitative estimate of drug-likeness (QED) is 0.252. The number of carboxylic acids is 1. The summed E-state index contributed by atoms with van der Waals surface area (Å²) < 4.78 is 0. The van der Waals surface area contributed by atoms with Crippen molar-refractivity contribution >= 4 is 29.6 Å². The Balaban J connectivity index is 1.98. The van der Waals surface area contributed by atoms with Crippen molar-refractivity contribution in [2.24, 2.45) is 22.4 Å². The number of amides is 3. The molecule has 1 saturated heterocycles. The number of guanidine groups is 1. The van der Waals surface area contributed by atoms with Gasteiger partial charge in [0.05, 0.1) is 5.92 Å². The van der Waals surface area contributed by atoms with E-state index in [1.807, 2.05) is 0 Å². The zero-order valence-electron chi connectivity index (χ0n) is 12.9. The molecule has 128 valence electrons. The maximum Gasteiger partial charge on any atom is 0.329 e. The lowest BCUT2D eigenvalue weighted by Gasteiger charge is -2.42. The van der Waals surface area contributed by atoms with Gasteiger partial charge in [0.1, 0.15) is 0 Å². The lowest BCUT2D eigenvalue weighted by Crippen LogP contribution is -2.67. The van der Waals surface area contributed by atoms with Crippen molar-refractivity contribution in [1.82, 2.24) is 4.90 Å². The monoisotopic (exact) mass is 333 g/mol. The van der Waals surface area contributed by atoms with Crippen molar-refractivity contribution in [2.75, 3.05) is 11.9 Å². The van der Waals surface area contributed by atoms with Gasteiger partial charge in [-0.25, -0.2) is 14.5 Å². The number of rotatable bonds is 6. The largest absolute Gasteiger partial charge is 0.480 e. The Kier molecular flexibility index (Phi) is 5.35. The lowest BCUT2D eigenvalue weighted by molar-refractivity contribution is -0.165. The molecule has 1 aliphatic rings. The van der Waals surface area contributed by atoms with Gasteiger partial charge in [-0.15, -0.1) is 0 Å². The number of hydrogen-bond donors (Lipinski definition) is 4. The van der Waals surface area contributed by atoms with Crippen LogP contribution in [0, 0.1) is 5.92 Å². The Labute approximate surface area is 138 Å². The summed E-state index contributed by atoms with van der Waals surface area (Å²) in [5.41, 5.74) is 10.9. The number of carbonyl (C=O) groups excluding carboxylic acids is 2. The van der Waals surface area contributed by atoms with Crippen LogP contribution < -0.4 is 16.8 Å². The Morgan fingerprint density at radius 3 is 2.50 bits per heavy atom. The zero-order chi connectivity index (χ0) is 17.7. The summed E-state index contributed by atoms with van der Waals surface area (Å²) in [7, 11) is 0. The summed E-state index contributed by atoms with van der Waals surface area (Å²) in [4.78, 5) is 40.2. The number of aliphatic imine (C=N–C) groups is 1. The maximum absolute atomic E-state index is 12.2. The van der Waals surface area contributed by atoms with Gasteiger partial charge in [0.15, 0.2) is 12.0 Å². The van der Waals surface area contributed by atoms with Crippen LogP contribution in [0.25, 0.3) is 0 Å². The van der Waals surface area contributed by atoms with Gasteiger partial charge in [0, 0.05) is 12.2 Å². The Morgan fingerprint density at radius 1 is 1.25 bits per heavy atom. The van der Waals surface area contributed by atoms with Gasteiger partial charge in [0.25, 0.3) is 0 Å². The topological polar surface area (TPSA) is 151 Å². The number of para-hydroxylation sites is 1. The van der Waals surface area contributed by atoms with Gasteiger partial charge in [-0.1, -0.05) is 18.2 Å². The van der Waals surface area contributed by atoms with Gasteiger partial charge in [0.2, 0.25) is 5.91 Å². The van der Waals surface area contributed by atoms with Crippen LogP contribution in [-0.2, 0) is 9.59 Å². The number of nitrogens with two attached hydrogens (primary N) is 2. The van der Waals surface area contributed by atoms with Crippen molar-refractivity contribution in [1.29, 1.82) is 0 Å². The fraction of sp³-hybridized carbons (Fsp3) is 0.333. The molecule has 0 aliphatic carbocycles. The first-order chi connectivity index (χ1) is 11.4. The molecule has 0 spiro atoms. The minimum absolute atomic E-state index is 0.0615. The number of nitrogens with zero attached hydrogens (tertiary/aromatic N) is 2. The summed E-state index contributed by atoms with van der Waals surface area (Å²) in [5, 5.41) is 11.8. The molecule has 0 bridgehead atoms. The summed E-state index contributed by atoms with van der Waals surface area (Å²) in [6, 6.07) is 6.56. The Morgan fingerprint density at radius 2 is 1.92 bits per heavy atom. The van der Waals surface area contributed by atoms with Gasteiger partial charge in [-0.3, -0.25) is 9.79 Å². The maximum atomic E-state index is 12.2. The number of benzene rings is 1. The van der Waals surface area contributed by atoms with E-state index in [0.29, 0.717) is 25.1 Å². The molecule has 0 unspecified atom stereocenters. The van der Waals surface area contributed by atoms with E-state index in [1.165, 1.54) is 0 Å². The number of urea groups is 1. The van der Waals surface area contributed by atoms with Crippen molar-refractivity contribution in [3.05, 3.63) is 30.3 Å². The van der Waals surface area contributed by atoms with Crippen molar-refractivity contribution in [3.63, 3.8) is 0 Å². The van der Waals surface area contributed by atoms with Crippen LogP contribution in [0.3, 0.4) is 0 Å². The molecule has 2 atom stereocenters. The van der Waals surface area contributed by atoms with Gasteiger partial charge >= 0.3 is 12.0 Å². The number of aliphatic carboxylic acids is 1. The number of likely N-dealkylation sites (tertiary alicyclic amines) is 1. The summed E-state index contributed by atoms with van der Waals surface area (Å²) in [6.45, 7) is 0.300. The highest BCUT2D eigenvalue weighted by atomic mass is 16.4. The molecular weight excluding hydrogens is 314 g/mol. The molecule has 2 rings (SSSR count). The number of nitrogens with one attached hydrogen (secondary N) is 1. The molecular formula is C15H19N5O4. The fourth-order valence-corrected chi connectivity index (χ4v) is 2.56. The number of anilines is 1. The molecule has 3 amide bonds. The van der Waals surface area contributed by atoms with E-state index >= 15 is 0 Å². The third kappa shape index (κ3) is 3.80. The molecule has 0 saturated carbocycles. The van der Waals surface area contributed by atoms with Crippen LogP contribution in [0.15, 0.2) is 35.3 Å². The average Bonchev–Trinajstić information content (AvgIpc) is 2.52. The minimum atomic E-state index is -1.22. The van der Waals surface area contributed by atoms with Crippen molar-refractivity contribution in [2.45, 2.75) is 18.9 Å². The number of β-lactam (4-membered cyclic amide) rings is 1. The second-order valence-electron chi connectivity index (χ2n) is 5.34. The fourth-order valence-electron chi connectivity index (χ4n) is 2.56. The van der Waals surface area contributed by atoms with E-state index in [9.17, 15) is 19.5 Å². The molecule has 1 fully saturated rings. The average molecular weight is 333 g/mol.